The van der Waals surface area contributed by atoms with Gasteiger partial charge < -0.3 is 25.4 Å². The summed E-state index contributed by atoms with van der Waals surface area (Å²) in [6.07, 6.45) is 7.84. The molecule has 2 aromatic heterocycles. The maximum Gasteiger partial charge on any atom is 0.407 e. The highest BCUT2D eigenvalue weighted by atomic mass is 16.6. The van der Waals surface area contributed by atoms with Gasteiger partial charge in [-0.15, -0.1) is 0 Å². The zero-order chi connectivity index (χ0) is 38.4. The predicted molar refractivity (Wildman–Crippen MR) is 201 cm³/mol. The Labute approximate surface area is 314 Å². The van der Waals surface area contributed by atoms with Gasteiger partial charge in [0.25, 0.3) is 11.8 Å². The van der Waals surface area contributed by atoms with Gasteiger partial charge in [-0.2, -0.15) is 5.10 Å². The van der Waals surface area contributed by atoms with E-state index in [1.54, 1.807) is 12.1 Å². The molecule has 0 bridgehead atoms. The number of carbonyl (C=O) groups is 5. The smallest absolute Gasteiger partial charge is 0.407 e. The van der Waals surface area contributed by atoms with E-state index in [2.05, 4.69) is 26.0 Å². The molecule has 2 aromatic carbocycles. The van der Waals surface area contributed by atoms with Crippen molar-refractivity contribution in [1.29, 1.82) is 0 Å². The lowest BCUT2D eigenvalue weighted by Gasteiger charge is -2.19. The standard InChI is InChI=1S/C41H48N6O7/c1-25-29-14-15-32(31(29)13-12-30(25)35(49)10-8-6-5-7-9-18-42-40(52)54-41(2,3)4)46-39(51)34-22-33(45-37-17-19-44-47(34)37)38(50)43-23-26-11-16-36-27(20-26)21-28(48)24-53-36/h11-13,16-17,19-20,22,32H,5-10,14-15,18,21,23-24H2,1-4H3,(H,42,52)(H,43,50)(H,46,51)/t32-/m0/s1. The lowest BCUT2D eigenvalue weighted by molar-refractivity contribution is -0.121. The molecule has 13 nitrogen and oxygen atoms in total. The van der Waals surface area contributed by atoms with Crippen LogP contribution in [0.25, 0.3) is 5.65 Å². The van der Waals surface area contributed by atoms with Crippen LogP contribution in [-0.2, 0) is 28.9 Å². The first kappa shape index (κ1) is 38.1. The third-order valence-electron chi connectivity index (χ3n) is 9.73. The van der Waals surface area contributed by atoms with Crippen LogP contribution in [0.4, 0.5) is 4.79 Å². The number of hydrogen-bond acceptors (Lipinski definition) is 9. The zero-order valence-electron chi connectivity index (χ0n) is 31.4. The first-order chi connectivity index (χ1) is 25.9. The van der Waals surface area contributed by atoms with Crippen molar-refractivity contribution in [3.8, 4) is 5.75 Å². The summed E-state index contributed by atoms with van der Waals surface area (Å²) >= 11 is 0. The largest absolute Gasteiger partial charge is 0.486 e. The van der Waals surface area contributed by atoms with Gasteiger partial charge in [0.2, 0.25) is 0 Å². The van der Waals surface area contributed by atoms with Gasteiger partial charge in [-0.3, -0.25) is 19.2 Å². The van der Waals surface area contributed by atoms with Gasteiger partial charge in [0, 0.05) is 49.2 Å². The number of ether oxygens (including phenoxy) is 2. The molecule has 3 amide bonds. The Hall–Kier alpha value is -5.59. The van der Waals surface area contributed by atoms with Crippen LogP contribution in [0.2, 0.25) is 0 Å². The van der Waals surface area contributed by atoms with Crippen molar-refractivity contribution in [1.82, 2.24) is 30.5 Å². The fourth-order valence-electron chi connectivity index (χ4n) is 7.05. The molecule has 4 aromatic rings. The summed E-state index contributed by atoms with van der Waals surface area (Å²) in [5, 5.41) is 13.0. The first-order valence-corrected chi connectivity index (χ1v) is 18.7. The molecule has 1 atom stereocenters. The topological polar surface area (TPSA) is 170 Å². The number of amides is 3. The van der Waals surface area contributed by atoms with Crippen LogP contribution >= 0.6 is 0 Å². The Morgan fingerprint density at radius 3 is 2.57 bits per heavy atom. The molecule has 3 heterocycles. The van der Waals surface area contributed by atoms with Crippen molar-refractivity contribution in [3.63, 3.8) is 0 Å². The molecule has 1 aliphatic heterocycles. The van der Waals surface area contributed by atoms with Gasteiger partial charge in [-0.05, 0) is 87.8 Å². The number of fused-ring (bicyclic) bond motifs is 3. The third kappa shape index (κ3) is 9.31. The maximum absolute atomic E-state index is 13.8. The zero-order valence-corrected chi connectivity index (χ0v) is 31.4. The van der Waals surface area contributed by atoms with Crippen LogP contribution in [0.3, 0.4) is 0 Å². The summed E-state index contributed by atoms with van der Waals surface area (Å²) < 4.78 is 12.1. The van der Waals surface area contributed by atoms with Crippen molar-refractivity contribution < 1.29 is 33.4 Å². The monoisotopic (exact) mass is 736 g/mol. The highest BCUT2D eigenvalue weighted by Gasteiger charge is 2.29. The molecule has 0 unspecified atom stereocenters. The number of aromatic nitrogens is 3. The maximum atomic E-state index is 13.8. The first-order valence-electron chi connectivity index (χ1n) is 18.7. The number of hydrogen-bond donors (Lipinski definition) is 3. The average molecular weight is 737 g/mol. The van der Waals surface area contributed by atoms with Gasteiger partial charge in [-0.25, -0.2) is 14.3 Å². The number of benzene rings is 2. The number of Topliss-reactive ketones (excluding diaryl/α,β-unsaturated/α-hetero) is 2. The molecule has 54 heavy (non-hydrogen) atoms. The van der Waals surface area contributed by atoms with Crippen LogP contribution in [0.1, 0.15) is 131 Å². The Kier molecular flexibility index (Phi) is 11.7. The molecule has 0 radical (unpaired) electrons. The molecule has 2 aliphatic rings. The highest BCUT2D eigenvalue weighted by molar-refractivity contribution is 5.99. The number of carbonyl (C=O) groups excluding carboxylic acids is 5. The van der Waals surface area contributed by atoms with Gasteiger partial charge in [-0.1, -0.05) is 37.5 Å². The number of nitrogens with zero attached hydrogens (tertiary/aromatic N) is 3. The second-order valence-corrected chi connectivity index (χ2v) is 15.0. The molecule has 0 saturated carbocycles. The summed E-state index contributed by atoms with van der Waals surface area (Å²) in [7, 11) is 0. The normalized spacial score (nSPS) is 14.9. The van der Waals surface area contributed by atoms with E-state index in [1.165, 1.54) is 16.8 Å². The minimum Gasteiger partial charge on any atom is -0.486 e. The third-order valence-corrected chi connectivity index (χ3v) is 9.73. The molecule has 0 fully saturated rings. The summed E-state index contributed by atoms with van der Waals surface area (Å²) in [5.74, 6) is -0.0552. The number of nitrogens with one attached hydrogen (secondary N) is 3. The SMILES string of the molecule is Cc1c(C(=O)CCCCCCCNC(=O)OC(C)(C)C)ccc2c1CC[C@@H]2NC(=O)c1cc(C(=O)NCc2ccc3c(c2)CC(=O)CO3)nc2ccnn12. The van der Waals surface area contributed by atoms with Crippen LogP contribution in [0.5, 0.6) is 5.75 Å². The van der Waals surface area contributed by atoms with Crippen LogP contribution < -0.4 is 20.7 Å². The molecule has 13 heteroatoms. The molecule has 284 valence electrons. The van der Waals surface area contributed by atoms with Gasteiger partial charge >= 0.3 is 6.09 Å². The summed E-state index contributed by atoms with van der Waals surface area (Å²) in [6.45, 7) is 8.32. The minimum atomic E-state index is -0.513. The molecule has 0 saturated heterocycles. The second kappa shape index (κ2) is 16.6. The van der Waals surface area contributed by atoms with Gasteiger partial charge in [0.15, 0.2) is 17.2 Å². The predicted octanol–water partition coefficient (Wildman–Crippen LogP) is 5.94. The summed E-state index contributed by atoms with van der Waals surface area (Å²) in [4.78, 5) is 68.3. The quantitative estimate of drug-likeness (QED) is 0.105. The van der Waals surface area contributed by atoms with Crippen molar-refractivity contribution in [2.24, 2.45) is 0 Å². The van der Waals surface area contributed by atoms with Crippen LogP contribution in [-0.4, -0.2) is 62.8 Å². The fourth-order valence-corrected chi connectivity index (χ4v) is 7.05. The van der Waals surface area contributed by atoms with Crippen LogP contribution in [0, 0.1) is 6.92 Å². The Balaban J connectivity index is 1.02. The fraction of sp³-hybridized carbons (Fsp3) is 0.439. The van der Waals surface area contributed by atoms with Crippen molar-refractivity contribution in [3.05, 3.63) is 93.4 Å². The Morgan fingerprint density at radius 1 is 0.963 bits per heavy atom. The van der Waals surface area contributed by atoms with E-state index in [4.69, 9.17) is 9.47 Å². The van der Waals surface area contributed by atoms with E-state index in [1.807, 2.05) is 52.0 Å². The van der Waals surface area contributed by atoms with E-state index in [9.17, 15) is 24.0 Å². The molecule has 3 N–H and O–H groups in total. The van der Waals surface area contributed by atoms with Crippen molar-refractivity contribution >= 4 is 35.1 Å². The van der Waals surface area contributed by atoms with Gasteiger partial charge in [0.05, 0.1) is 12.2 Å². The summed E-state index contributed by atoms with van der Waals surface area (Å²) in [6, 6.07) is 12.1. The number of rotatable bonds is 14. The lowest BCUT2D eigenvalue weighted by Crippen LogP contribution is -2.32. The van der Waals surface area contributed by atoms with Crippen LogP contribution in [0.15, 0.2) is 48.7 Å². The minimum absolute atomic E-state index is 0.00196. The second-order valence-electron chi connectivity index (χ2n) is 15.0. The van der Waals surface area contributed by atoms with E-state index in [-0.39, 0.29) is 42.1 Å². The molecule has 0 spiro atoms. The molecular weight excluding hydrogens is 688 g/mol. The number of unbranched alkanes of at least 4 members (excludes halogenated alkanes) is 4. The number of ketones is 2. The average Bonchev–Trinajstić information content (AvgIpc) is 3.78. The highest BCUT2D eigenvalue weighted by Crippen LogP contribution is 2.35. The molecular formula is C41H48N6O7. The van der Waals surface area contributed by atoms with E-state index < -0.39 is 23.5 Å². The molecule has 6 rings (SSSR count). The van der Waals surface area contributed by atoms with E-state index in [0.29, 0.717) is 37.2 Å². The van der Waals surface area contributed by atoms with E-state index in [0.717, 1.165) is 71.9 Å². The number of alkyl carbamates (subject to hydrolysis) is 1. The summed E-state index contributed by atoms with van der Waals surface area (Å²) in [5.41, 5.74) is 5.44. The Bertz CT molecular complexity index is 2080. The Morgan fingerprint density at radius 2 is 1.76 bits per heavy atom. The van der Waals surface area contributed by atoms with Gasteiger partial charge in [0.1, 0.15) is 29.3 Å². The lowest BCUT2D eigenvalue weighted by atomic mass is 9.93. The molecule has 1 aliphatic carbocycles. The van der Waals surface area contributed by atoms with E-state index >= 15 is 0 Å². The van der Waals surface area contributed by atoms with Crippen molar-refractivity contribution in [2.75, 3.05) is 13.2 Å². The van der Waals surface area contributed by atoms with Crippen molar-refractivity contribution in [2.45, 2.75) is 104 Å².